The second-order valence-electron chi connectivity index (χ2n) is 3.00. The number of hydrogen-bond donors (Lipinski definition) is 2. The van der Waals surface area contributed by atoms with Gasteiger partial charge < -0.3 is 5.11 Å². The number of phenolic OH excluding ortho intramolecular Hbond substituents is 1. The smallest absolute Gasteiger partial charge is 0.264 e. The second kappa shape index (κ2) is 3.74. The second-order valence-corrected chi connectivity index (χ2v) is 3.43. The molecule has 0 aliphatic carbocycles. The molecular weight excluding hydrogens is 216 g/mol. The van der Waals surface area contributed by atoms with E-state index in [0.717, 1.165) is 0 Å². The van der Waals surface area contributed by atoms with Crippen LogP contribution in [0.4, 0.5) is 0 Å². The minimum atomic E-state index is -0.327. The topological polar surface area (TPSA) is 66.0 Å². The van der Waals surface area contributed by atoms with Gasteiger partial charge in [-0.15, -0.1) is 0 Å². The van der Waals surface area contributed by atoms with E-state index in [-0.39, 0.29) is 11.3 Å². The molecule has 0 radical (unpaired) electrons. The zero-order chi connectivity index (χ0) is 10.8. The van der Waals surface area contributed by atoms with Crippen LogP contribution < -0.4 is 5.56 Å². The summed E-state index contributed by atoms with van der Waals surface area (Å²) in [4.78, 5) is 11.0. The number of aromatic hydroxyl groups is 1. The SMILES string of the molecule is O=c1cc(-c2cc(Cl)ccc2O)cn[nH]1. The Morgan fingerprint density at radius 3 is 2.87 bits per heavy atom. The first-order chi connectivity index (χ1) is 7.16. The van der Waals surface area contributed by atoms with Gasteiger partial charge in [0.15, 0.2) is 0 Å². The molecule has 2 rings (SSSR count). The third-order valence-corrected chi connectivity index (χ3v) is 2.17. The van der Waals surface area contributed by atoms with Crippen molar-refractivity contribution in [3.63, 3.8) is 0 Å². The minimum Gasteiger partial charge on any atom is -0.507 e. The number of halogens is 1. The van der Waals surface area contributed by atoms with E-state index in [4.69, 9.17) is 11.6 Å². The highest BCUT2D eigenvalue weighted by Gasteiger charge is 2.05. The first kappa shape index (κ1) is 9.73. The van der Waals surface area contributed by atoms with E-state index in [9.17, 15) is 9.90 Å². The fourth-order valence-electron chi connectivity index (χ4n) is 1.26. The van der Waals surface area contributed by atoms with Crippen LogP contribution >= 0.6 is 11.6 Å². The maximum Gasteiger partial charge on any atom is 0.264 e. The quantitative estimate of drug-likeness (QED) is 0.773. The number of nitrogens with one attached hydrogen (secondary N) is 1. The number of hydrogen-bond acceptors (Lipinski definition) is 3. The molecule has 0 unspecified atom stereocenters. The van der Waals surface area contributed by atoms with Gasteiger partial charge in [0.2, 0.25) is 0 Å². The van der Waals surface area contributed by atoms with Gasteiger partial charge >= 0.3 is 0 Å². The summed E-state index contributed by atoms with van der Waals surface area (Å²) in [5.74, 6) is 0.0619. The third-order valence-electron chi connectivity index (χ3n) is 1.93. The van der Waals surface area contributed by atoms with Gasteiger partial charge in [0, 0.05) is 22.2 Å². The molecule has 0 amide bonds. The van der Waals surface area contributed by atoms with Crippen LogP contribution in [0.3, 0.4) is 0 Å². The molecule has 4 nitrogen and oxygen atoms in total. The fourth-order valence-corrected chi connectivity index (χ4v) is 1.44. The van der Waals surface area contributed by atoms with E-state index in [1.54, 1.807) is 12.1 Å². The van der Waals surface area contributed by atoms with Crippen molar-refractivity contribution < 1.29 is 5.11 Å². The highest BCUT2D eigenvalue weighted by Crippen LogP contribution is 2.30. The summed E-state index contributed by atoms with van der Waals surface area (Å²) in [5.41, 5.74) is 0.687. The lowest BCUT2D eigenvalue weighted by molar-refractivity contribution is 0.477. The number of nitrogens with zero attached hydrogens (tertiary/aromatic N) is 1. The maximum absolute atomic E-state index is 11.0. The molecule has 0 saturated carbocycles. The van der Waals surface area contributed by atoms with Crippen LogP contribution in [0.25, 0.3) is 11.1 Å². The van der Waals surface area contributed by atoms with Gasteiger partial charge in [-0.25, -0.2) is 5.10 Å². The van der Waals surface area contributed by atoms with E-state index in [1.807, 2.05) is 0 Å². The Morgan fingerprint density at radius 2 is 2.13 bits per heavy atom. The van der Waals surface area contributed by atoms with Crippen molar-refractivity contribution in [1.29, 1.82) is 0 Å². The molecule has 0 atom stereocenters. The zero-order valence-electron chi connectivity index (χ0n) is 7.57. The molecule has 1 aromatic carbocycles. The average molecular weight is 223 g/mol. The van der Waals surface area contributed by atoms with Crippen LogP contribution in [0.1, 0.15) is 0 Å². The van der Waals surface area contributed by atoms with Crippen LogP contribution in [-0.2, 0) is 0 Å². The monoisotopic (exact) mass is 222 g/mol. The van der Waals surface area contributed by atoms with Gasteiger partial charge in [0.05, 0.1) is 6.20 Å². The lowest BCUT2D eigenvalue weighted by Gasteiger charge is -2.03. The van der Waals surface area contributed by atoms with E-state index in [1.165, 1.54) is 18.3 Å². The number of H-pyrrole nitrogens is 1. The Bertz CT molecular complexity index is 551. The molecule has 0 bridgehead atoms. The Morgan fingerprint density at radius 1 is 1.33 bits per heavy atom. The molecule has 0 aliphatic heterocycles. The highest BCUT2D eigenvalue weighted by atomic mass is 35.5. The third kappa shape index (κ3) is 1.99. The zero-order valence-corrected chi connectivity index (χ0v) is 8.32. The van der Waals surface area contributed by atoms with Crippen molar-refractivity contribution >= 4 is 11.6 Å². The lowest BCUT2D eigenvalue weighted by Crippen LogP contribution is -2.05. The maximum atomic E-state index is 11.0. The van der Waals surface area contributed by atoms with E-state index in [2.05, 4.69) is 10.2 Å². The molecule has 1 heterocycles. The molecule has 0 spiro atoms. The van der Waals surface area contributed by atoms with Gasteiger partial charge in [-0.1, -0.05) is 11.6 Å². The normalized spacial score (nSPS) is 10.2. The molecule has 1 aromatic heterocycles. The van der Waals surface area contributed by atoms with Crippen molar-refractivity contribution in [2.24, 2.45) is 0 Å². The summed E-state index contributed by atoms with van der Waals surface area (Å²) < 4.78 is 0. The Kier molecular flexibility index (Phi) is 2.43. The summed E-state index contributed by atoms with van der Waals surface area (Å²) in [5, 5.41) is 16.0. The lowest BCUT2D eigenvalue weighted by atomic mass is 10.1. The molecule has 5 heteroatoms. The number of benzene rings is 1. The van der Waals surface area contributed by atoms with Gasteiger partial charge in [-0.2, -0.15) is 5.10 Å². The van der Waals surface area contributed by atoms with Crippen LogP contribution in [0.15, 0.2) is 35.3 Å². The predicted octanol–water partition coefficient (Wildman–Crippen LogP) is 1.80. The van der Waals surface area contributed by atoms with Gasteiger partial charge in [-0.05, 0) is 18.2 Å². The van der Waals surface area contributed by atoms with Crippen molar-refractivity contribution in [3.05, 3.63) is 45.8 Å². The van der Waals surface area contributed by atoms with Crippen molar-refractivity contribution in [3.8, 4) is 16.9 Å². The first-order valence-electron chi connectivity index (χ1n) is 4.20. The Labute approximate surface area is 90.2 Å². The number of aromatic nitrogens is 2. The first-order valence-corrected chi connectivity index (χ1v) is 4.58. The van der Waals surface area contributed by atoms with Crippen LogP contribution in [-0.4, -0.2) is 15.3 Å². The fraction of sp³-hybridized carbons (Fsp3) is 0. The summed E-state index contributed by atoms with van der Waals surface area (Å²) in [7, 11) is 0. The molecular formula is C10H7ClN2O2. The summed E-state index contributed by atoms with van der Waals surface area (Å²) in [6.07, 6.45) is 1.45. The standard InChI is InChI=1S/C10H7ClN2O2/c11-7-1-2-9(14)8(4-7)6-3-10(15)13-12-5-6/h1-5,14H,(H,13,15). The average Bonchev–Trinajstić information content (AvgIpc) is 2.22. The molecule has 0 saturated heterocycles. The van der Waals surface area contributed by atoms with Gasteiger partial charge in [-0.3, -0.25) is 4.79 Å². The molecule has 76 valence electrons. The molecule has 2 N–H and O–H groups in total. The van der Waals surface area contributed by atoms with Crippen LogP contribution in [0.5, 0.6) is 5.75 Å². The molecule has 2 aromatic rings. The summed E-state index contributed by atoms with van der Waals surface area (Å²) in [6.45, 7) is 0. The van der Waals surface area contributed by atoms with Crippen molar-refractivity contribution in [2.45, 2.75) is 0 Å². The van der Waals surface area contributed by atoms with Crippen LogP contribution in [0.2, 0.25) is 5.02 Å². The molecule has 0 fully saturated rings. The summed E-state index contributed by atoms with van der Waals surface area (Å²) >= 11 is 5.79. The highest BCUT2D eigenvalue weighted by molar-refractivity contribution is 6.30. The number of phenols is 1. The van der Waals surface area contributed by atoms with E-state index >= 15 is 0 Å². The number of aromatic amines is 1. The Balaban J connectivity index is 2.63. The van der Waals surface area contributed by atoms with Gasteiger partial charge in [0.1, 0.15) is 5.75 Å². The Hall–Kier alpha value is -1.81. The number of rotatable bonds is 1. The van der Waals surface area contributed by atoms with E-state index in [0.29, 0.717) is 16.1 Å². The molecule has 0 aliphatic rings. The van der Waals surface area contributed by atoms with Gasteiger partial charge in [0.25, 0.3) is 5.56 Å². The molecule has 15 heavy (non-hydrogen) atoms. The van der Waals surface area contributed by atoms with Crippen LogP contribution in [0, 0.1) is 0 Å². The predicted molar refractivity (Wildman–Crippen MR) is 57.0 cm³/mol. The van der Waals surface area contributed by atoms with Crippen molar-refractivity contribution in [1.82, 2.24) is 10.2 Å². The minimum absolute atomic E-state index is 0.0619. The largest absolute Gasteiger partial charge is 0.507 e. The van der Waals surface area contributed by atoms with Crippen molar-refractivity contribution in [2.75, 3.05) is 0 Å². The summed E-state index contributed by atoms with van der Waals surface area (Å²) in [6, 6.07) is 5.96. The van der Waals surface area contributed by atoms with E-state index < -0.39 is 0 Å².